The van der Waals surface area contributed by atoms with Gasteiger partial charge in [0.1, 0.15) is 6.04 Å². The van der Waals surface area contributed by atoms with Gasteiger partial charge in [0.25, 0.3) is 0 Å². The Labute approximate surface area is 108 Å². The van der Waals surface area contributed by atoms with E-state index >= 15 is 0 Å². The molecule has 3 N–H and O–H groups in total. The fourth-order valence-corrected chi connectivity index (χ4v) is 1.99. The second-order valence-corrected chi connectivity index (χ2v) is 5.48. The summed E-state index contributed by atoms with van der Waals surface area (Å²) in [6.07, 6.45) is 3.09. The maximum absolute atomic E-state index is 11.8. The monoisotopic (exact) mass is 256 g/mol. The van der Waals surface area contributed by atoms with Crippen LogP contribution in [0.25, 0.3) is 0 Å². The number of esters is 1. The van der Waals surface area contributed by atoms with Crippen LogP contribution in [0, 0.1) is 11.8 Å². The van der Waals surface area contributed by atoms with E-state index in [0.29, 0.717) is 18.3 Å². The van der Waals surface area contributed by atoms with Gasteiger partial charge in [-0.05, 0) is 31.1 Å². The van der Waals surface area contributed by atoms with E-state index in [9.17, 15) is 9.59 Å². The Morgan fingerprint density at radius 1 is 1.39 bits per heavy atom. The zero-order valence-electron chi connectivity index (χ0n) is 11.4. The Morgan fingerprint density at radius 3 is 2.44 bits per heavy atom. The molecular formula is C13H24N2O3. The molecule has 0 aliphatic heterocycles. The summed E-state index contributed by atoms with van der Waals surface area (Å²) in [6, 6.07) is -0.642. The summed E-state index contributed by atoms with van der Waals surface area (Å²) in [4.78, 5) is 23.3. The molecule has 0 bridgehead atoms. The van der Waals surface area contributed by atoms with Gasteiger partial charge in [0.2, 0.25) is 5.91 Å². The van der Waals surface area contributed by atoms with Crippen molar-refractivity contribution in [2.75, 3.05) is 7.11 Å². The quantitative estimate of drug-likeness (QED) is 0.661. The minimum Gasteiger partial charge on any atom is -0.467 e. The van der Waals surface area contributed by atoms with Crippen molar-refractivity contribution < 1.29 is 14.3 Å². The second-order valence-electron chi connectivity index (χ2n) is 5.48. The van der Waals surface area contributed by atoms with E-state index < -0.39 is 12.0 Å². The van der Waals surface area contributed by atoms with Crippen molar-refractivity contribution in [3.63, 3.8) is 0 Å². The Kier molecular flexibility index (Phi) is 5.59. The highest BCUT2D eigenvalue weighted by Crippen LogP contribution is 2.32. The molecule has 0 aromatic heterocycles. The van der Waals surface area contributed by atoms with Crippen molar-refractivity contribution in [2.24, 2.45) is 17.6 Å². The van der Waals surface area contributed by atoms with Crippen LogP contribution in [0.5, 0.6) is 0 Å². The number of rotatable bonds is 7. The molecule has 1 saturated carbocycles. The number of ether oxygens (including phenoxy) is 1. The first-order valence-corrected chi connectivity index (χ1v) is 6.56. The summed E-state index contributed by atoms with van der Waals surface area (Å²) in [5, 5.41) is 2.72. The van der Waals surface area contributed by atoms with E-state index in [2.05, 4.69) is 5.32 Å². The van der Waals surface area contributed by atoms with Crippen molar-refractivity contribution in [3.8, 4) is 0 Å². The zero-order valence-corrected chi connectivity index (χ0v) is 11.4. The lowest BCUT2D eigenvalue weighted by atomic mass is 10.0. The second kappa shape index (κ2) is 6.73. The fourth-order valence-electron chi connectivity index (χ4n) is 1.99. The number of nitrogens with two attached hydrogens (primary N) is 1. The number of carbonyl (C=O) groups excluding carboxylic acids is 2. The molecule has 1 aliphatic rings. The van der Waals surface area contributed by atoms with Gasteiger partial charge in [-0.3, -0.25) is 4.79 Å². The Balaban J connectivity index is 2.42. The number of hydrogen-bond acceptors (Lipinski definition) is 4. The Hall–Kier alpha value is -1.10. The summed E-state index contributed by atoms with van der Waals surface area (Å²) in [5.41, 5.74) is 5.89. The molecule has 104 valence electrons. The average molecular weight is 256 g/mol. The third-order valence-electron chi connectivity index (χ3n) is 3.18. The first kappa shape index (κ1) is 15.0. The molecule has 5 nitrogen and oxygen atoms in total. The SMILES string of the molecule is COC(=O)C(CC(C)C)NC(=O)CC(N)C1CC1. The number of nitrogens with one attached hydrogen (secondary N) is 1. The minimum absolute atomic E-state index is 0.0812. The first-order chi connectivity index (χ1) is 8.43. The van der Waals surface area contributed by atoms with Gasteiger partial charge in [-0.25, -0.2) is 4.79 Å². The molecule has 0 aromatic rings. The van der Waals surface area contributed by atoms with Gasteiger partial charge >= 0.3 is 5.97 Å². The maximum atomic E-state index is 11.8. The summed E-state index contributed by atoms with van der Waals surface area (Å²) >= 11 is 0. The molecule has 2 unspecified atom stereocenters. The van der Waals surface area contributed by atoms with Gasteiger partial charge in [-0.2, -0.15) is 0 Å². The van der Waals surface area contributed by atoms with Crippen LogP contribution in [0.4, 0.5) is 0 Å². The number of methoxy groups -OCH3 is 1. The largest absolute Gasteiger partial charge is 0.467 e. The van der Waals surface area contributed by atoms with Crippen LogP contribution >= 0.6 is 0 Å². The maximum Gasteiger partial charge on any atom is 0.328 e. The lowest BCUT2D eigenvalue weighted by molar-refractivity contribution is -0.145. The van der Waals surface area contributed by atoms with Crippen LogP contribution in [-0.2, 0) is 14.3 Å². The summed E-state index contributed by atoms with van der Waals surface area (Å²) in [5.74, 6) is 0.242. The van der Waals surface area contributed by atoms with Crippen molar-refractivity contribution in [1.82, 2.24) is 5.32 Å². The number of amides is 1. The standard InChI is InChI=1S/C13H24N2O3/c1-8(2)6-11(13(17)18-3)15-12(16)7-10(14)9-4-5-9/h8-11H,4-7,14H2,1-3H3,(H,15,16). The van der Waals surface area contributed by atoms with Crippen molar-refractivity contribution in [1.29, 1.82) is 0 Å². The molecule has 0 saturated heterocycles. The van der Waals surface area contributed by atoms with E-state index in [-0.39, 0.29) is 18.4 Å². The molecule has 1 aliphatic carbocycles. The number of carbonyl (C=O) groups is 2. The molecule has 1 amide bonds. The highest BCUT2D eigenvalue weighted by atomic mass is 16.5. The lowest BCUT2D eigenvalue weighted by Gasteiger charge is -2.19. The molecule has 0 aromatic carbocycles. The van der Waals surface area contributed by atoms with Crippen LogP contribution < -0.4 is 11.1 Å². The predicted molar refractivity (Wildman–Crippen MR) is 68.7 cm³/mol. The third-order valence-corrected chi connectivity index (χ3v) is 3.18. The molecule has 0 radical (unpaired) electrons. The fraction of sp³-hybridized carbons (Fsp3) is 0.846. The topological polar surface area (TPSA) is 81.4 Å². The van der Waals surface area contributed by atoms with Crippen LogP contribution in [0.2, 0.25) is 0 Å². The van der Waals surface area contributed by atoms with Crippen molar-refractivity contribution in [3.05, 3.63) is 0 Å². The summed E-state index contributed by atoms with van der Waals surface area (Å²) in [6.45, 7) is 4.00. The summed E-state index contributed by atoms with van der Waals surface area (Å²) in [7, 11) is 1.33. The molecule has 18 heavy (non-hydrogen) atoms. The Bertz CT molecular complexity index is 301. The van der Waals surface area contributed by atoms with Gasteiger partial charge in [0.15, 0.2) is 0 Å². The predicted octanol–water partition coefficient (Wildman–Crippen LogP) is 0.818. The van der Waals surface area contributed by atoms with E-state index in [4.69, 9.17) is 10.5 Å². The van der Waals surface area contributed by atoms with Gasteiger partial charge in [-0.1, -0.05) is 13.8 Å². The normalized spacial score (nSPS) is 18.3. The first-order valence-electron chi connectivity index (χ1n) is 6.56. The number of hydrogen-bond donors (Lipinski definition) is 2. The Morgan fingerprint density at radius 2 is 2.00 bits per heavy atom. The minimum atomic E-state index is -0.561. The molecule has 5 heteroatoms. The highest BCUT2D eigenvalue weighted by Gasteiger charge is 2.31. The van der Waals surface area contributed by atoms with E-state index in [0.717, 1.165) is 12.8 Å². The third kappa shape index (κ3) is 5.04. The van der Waals surface area contributed by atoms with Crippen molar-refractivity contribution in [2.45, 2.75) is 51.6 Å². The van der Waals surface area contributed by atoms with Crippen LogP contribution in [0.1, 0.15) is 39.5 Å². The van der Waals surface area contributed by atoms with Gasteiger partial charge < -0.3 is 15.8 Å². The molecular weight excluding hydrogens is 232 g/mol. The summed E-state index contributed by atoms with van der Waals surface area (Å²) < 4.78 is 4.69. The van der Waals surface area contributed by atoms with Crippen LogP contribution in [-0.4, -0.2) is 31.1 Å². The van der Waals surface area contributed by atoms with Crippen LogP contribution in [0.15, 0.2) is 0 Å². The van der Waals surface area contributed by atoms with Crippen LogP contribution in [0.3, 0.4) is 0 Å². The molecule has 2 atom stereocenters. The van der Waals surface area contributed by atoms with E-state index in [1.54, 1.807) is 0 Å². The van der Waals surface area contributed by atoms with Crippen molar-refractivity contribution >= 4 is 11.9 Å². The molecule has 0 heterocycles. The highest BCUT2D eigenvalue weighted by molar-refractivity contribution is 5.84. The van der Waals surface area contributed by atoms with Gasteiger partial charge in [-0.15, -0.1) is 0 Å². The molecule has 1 rings (SSSR count). The van der Waals surface area contributed by atoms with Gasteiger partial charge in [0.05, 0.1) is 7.11 Å². The zero-order chi connectivity index (χ0) is 13.7. The average Bonchev–Trinajstić information content (AvgIpc) is 3.09. The molecule has 0 spiro atoms. The lowest BCUT2D eigenvalue weighted by Crippen LogP contribution is -2.44. The molecule has 1 fully saturated rings. The van der Waals surface area contributed by atoms with E-state index in [1.807, 2.05) is 13.8 Å². The smallest absolute Gasteiger partial charge is 0.328 e. The van der Waals surface area contributed by atoms with E-state index in [1.165, 1.54) is 7.11 Å². The van der Waals surface area contributed by atoms with Gasteiger partial charge in [0, 0.05) is 12.5 Å².